The summed E-state index contributed by atoms with van der Waals surface area (Å²) in [4.78, 5) is 22.2. The lowest BCUT2D eigenvalue weighted by Crippen LogP contribution is -2.11. The highest BCUT2D eigenvalue weighted by Crippen LogP contribution is 2.25. The summed E-state index contributed by atoms with van der Waals surface area (Å²) in [6.07, 6.45) is 0. The highest BCUT2D eigenvalue weighted by Gasteiger charge is 2.14. The van der Waals surface area contributed by atoms with E-state index in [4.69, 9.17) is 9.15 Å². The van der Waals surface area contributed by atoms with Gasteiger partial charge in [0.25, 0.3) is 10.9 Å². The van der Waals surface area contributed by atoms with E-state index in [1.165, 1.54) is 24.3 Å². The van der Waals surface area contributed by atoms with Crippen LogP contribution in [0.3, 0.4) is 0 Å². The van der Waals surface area contributed by atoms with Crippen molar-refractivity contribution in [2.24, 2.45) is 0 Å². The minimum Gasteiger partial charge on any atom is -0.426 e. The highest BCUT2D eigenvalue weighted by molar-refractivity contribution is 7.99. The Labute approximate surface area is 158 Å². The summed E-state index contributed by atoms with van der Waals surface area (Å²) < 4.78 is 10.8. The van der Waals surface area contributed by atoms with E-state index >= 15 is 0 Å². The fraction of sp³-hybridized carbons (Fsp3) is 0.167. The number of hydrogen-bond donors (Lipinski definition) is 0. The number of nitro benzene ring substituents is 1. The molecule has 0 spiro atoms. The van der Waals surface area contributed by atoms with Gasteiger partial charge in [0, 0.05) is 17.7 Å². The molecule has 27 heavy (non-hydrogen) atoms. The molecular formula is C18H15N3O5S. The fourth-order valence-electron chi connectivity index (χ4n) is 2.20. The van der Waals surface area contributed by atoms with Gasteiger partial charge in [0.15, 0.2) is 0 Å². The number of esters is 1. The van der Waals surface area contributed by atoms with Gasteiger partial charge in [0.1, 0.15) is 11.5 Å². The van der Waals surface area contributed by atoms with Gasteiger partial charge in [0.05, 0.1) is 4.92 Å². The highest BCUT2D eigenvalue weighted by atomic mass is 32.2. The number of hydrogen-bond acceptors (Lipinski definition) is 8. The number of aromatic nitrogens is 2. The summed E-state index contributed by atoms with van der Waals surface area (Å²) in [7, 11) is 0. The van der Waals surface area contributed by atoms with E-state index in [1.807, 2.05) is 26.0 Å². The minimum absolute atomic E-state index is 0.00920. The van der Waals surface area contributed by atoms with E-state index in [0.717, 1.165) is 22.9 Å². The quantitative estimate of drug-likeness (QED) is 0.206. The number of nitrogens with zero attached hydrogens (tertiary/aromatic N) is 3. The maximum atomic E-state index is 12.0. The SMILES string of the molecule is Cc1ccc(C)c(OC(=O)CSc2nnc(-c3ccc([N+](=O)[O-])cc3)o2)c1. The lowest BCUT2D eigenvalue weighted by atomic mass is 10.1. The molecule has 0 atom stereocenters. The first-order chi connectivity index (χ1) is 12.9. The van der Waals surface area contributed by atoms with Gasteiger partial charge in [-0.25, -0.2) is 0 Å². The Morgan fingerprint density at radius 2 is 1.93 bits per heavy atom. The second-order valence-corrected chi connectivity index (χ2v) is 6.64. The first-order valence-electron chi connectivity index (χ1n) is 7.91. The Morgan fingerprint density at radius 1 is 1.19 bits per heavy atom. The van der Waals surface area contributed by atoms with Crippen molar-refractivity contribution in [1.82, 2.24) is 10.2 Å². The number of nitro groups is 1. The van der Waals surface area contributed by atoms with Crippen molar-refractivity contribution >= 4 is 23.4 Å². The molecule has 1 heterocycles. The molecule has 0 saturated carbocycles. The largest absolute Gasteiger partial charge is 0.426 e. The molecule has 0 N–H and O–H groups in total. The van der Waals surface area contributed by atoms with Crippen molar-refractivity contribution in [3.63, 3.8) is 0 Å². The van der Waals surface area contributed by atoms with Crippen molar-refractivity contribution in [3.05, 3.63) is 63.7 Å². The van der Waals surface area contributed by atoms with Crippen molar-refractivity contribution in [1.29, 1.82) is 0 Å². The molecule has 0 aliphatic heterocycles. The summed E-state index contributed by atoms with van der Waals surface area (Å²) >= 11 is 1.06. The van der Waals surface area contributed by atoms with E-state index < -0.39 is 10.9 Å². The summed E-state index contributed by atoms with van der Waals surface area (Å²) in [6, 6.07) is 11.4. The van der Waals surface area contributed by atoms with Crippen LogP contribution in [0, 0.1) is 24.0 Å². The fourth-order valence-corrected chi connectivity index (χ4v) is 2.74. The van der Waals surface area contributed by atoms with Crippen LogP contribution >= 0.6 is 11.8 Å². The smallest absolute Gasteiger partial charge is 0.321 e. The Balaban J connectivity index is 1.60. The predicted molar refractivity (Wildman–Crippen MR) is 98.7 cm³/mol. The zero-order valence-corrected chi connectivity index (χ0v) is 15.4. The molecule has 3 rings (SSSR count). The lowest BCUT2D eigenvalue weighted by molar-refractivity contribution is -0.384. The van der Waals surface area contributed by atoms with Gasteiger partial charge in [-0.3, -0.25) is 14.9 Å². The third-order valence-electron chi connectivity index (χ3n) is 3.61. The first kappa shape index (κ1) is 18.6. The molecule has 3 aromatic rings. The van der Waals surface area contributed by atoms with Crippen LogP contribution in [-0.4, -0.2) is 26.8 Å². The number of aryl methyl sites for hydroxylation is 2. The van der Waals surface area contributed by atoms with Crippen molar-refractivity contribution in [2.45, 2.75) is 19.1 Å². The Morgan fingerprint density at radius 3 is 2.63 bits per heavy atom. The van der Waals surface area contributed by atoms with Crippen LogP contribution in [-0.2, 0) is 4.79 Å². The molecule has 0 unspecified atom stereocenters. The average Bonchev–Trinajstić information content (AvgIpc) is 3.12. The number of non-ortho nitro benzene ring substituents is 1. The Kier molecular flexibility index (Phi) is 5.51. The van der Waals surface area contributed by atoms with Crippen LogP contribution in [0.25, 0.3) is 11.5 Å². The second kappa shape index (κ2) is 8.00. The number of rotatable bonds is 6. The van der Waals surface area contributed by atoms with E-state index in [0.29, 0.717) is 11.3 Å². The number of ether oxygens (including phenoxy) is 1. The van der Waals surface area contributed by atoms with Crippen LogP contribution in [0.1, 0.15) is 11.1 Å². The van der Waals surface area contributed by atoms with Crippen LogP contribution < -0.4 is 4.74 Å². The topological polar surface area (TPSA) is 108 Å². The number of thioether (sulfide) groups is 1. The molecule has 0 radical (unpaired) electrons. The zero-order chi connectivity index (χ0) is 19.4. The maximum Gasteiger partial charge on any atom is 0.321 e. The summed E-state index contributed by atoms with van der Waals surface area (Å²) in [6.45, 7) is 3.79. The zero-order valence-electron chi connectivity index (χ0n) is 14.5. The van der Waals surface area contributed by atoms with E-state index in [9.17, 15) is 14.9 Å². The van der Waals surface area contributed by atoms with Gasteiger partial charge in [-0.05, 0) is 43.2 Å². The van der Waals surface area contributed by atoms with Crippen LogP contribution in [0.15, 0.2) is 52.1 Å². The van der Waals surface area contributed by atoms with Crippen molar-refractivity contribution in [3.8, 4) is 17.2 Å². The van der Waals surface area contributed by atoms with Crippen LogP contribution in [0.4, 0.5) is 5.69 Å². The number of carbonyl (C=O) groups is 1. The number of benzene rings is 2. The molecule has 0 saturated heterocycles. The predicted octanol–water partition coefficient (Wildman–Crippen LogP) is 3.96. The summed E-state index contributed by atoms with van der Waals surface area (Å²) in [5.74, 6) is 0.326. The van der Waals surface area contributed by atoms with Gasteiger partial charge in [-0.1, -0.05) is 23.9 Å². The first-order valence-corrected chi connectivity index (χ1v) is 8.90. The molecule has 2 aromatic carbocycles. The molecule has 138 valence electrons. The Hall–Kier alpha value is -3.20. The molecule has 0 bridgehead atoms. The van der Waals surface area contributed by atoms with Crippen LogP contribution in [0.2, 0.25) is 0 Å². The monoisotopic (exact) mass is 385 g/mol. The van der Waals surface area contributed by atoms with Gasteiger partial charge >= 0.3 is 5.97 Å². The molecule has 0 aliphatic rings. The van der Waals surface area contributed by atoms with E-state index in [-0.39, 0.29) is 22.6 Å². The van der Waals surface area contributed by atoms with Gasteiger partial charge in [-0.15, -0.1) is 10.2 Å². The lowest BCUT2D eigenvalue weighted by Gasteiger charge is -2.07. The summed E-state index contributed by atoms with van der Waals surface area (Å²) in [5.41, 5.74) is 2.40. The third kappa shape index (κ3) is 4.70. The van der Waals surface area contributed by atoms with E-state index in [2.05, 4.69) is 10.2 Å². The molecule has 0 amide bonds. The standard InChI is InChI=1S/C18H15N3O5S/c1-11-3-4-12(2)15(9-11)25-16(22)10-27-18-20-19-17(26-18)13-5-7-14(8-6-13)21(23)24/h3-9H,10H2,1-2H3. The molecule has 8 nitrogen and oxygen atoms in total. The Bertz CT molecular complexity index is 985. The van der Waals surface area contributed by atoms with Gasteiger partial charge in [-0.2, -0.15) is 0 Å². The normalized spacial score (nSPS) is 10.6. The second-order valence-electron chi connectivity index (χ2n) is 5.71. The van der Waals surface area contributed by atoms with E-state index in [1.54, 1.807) is 6.07 Å². The molecular weight excluding hydrogens is 370 g/mol. The molecule has 1 aromatic heterocycles. The molecule has 0 aliphatic carbocycles. The minimum atomic E-state index is -0.486. The van der Waals surface area contributed by atoms with Crippen molar-refractivity contribution in [2.75, 3.05) is 5.75 Å². The van der Waals surface area contributed by atoms with Gasteiger partial charge in [0.2, 0.25) is 5.89 Å². The third-order valence-corrected chi connectivity index (χ3v) is 4.40. The van der Waals surface area contributed by atoms with Crippen LogP contribution in [0.5, 0.6) is 5.75 Å². The maximum absolute atomic E-state index is 12.0. The van der Waals surface area contributed by atoms with Gasteiger partial charge < -0.3 is 9.15 Å². The molecule has 0 fully saturated rings. The van der Waals surface area contributed by atoms with Crippen molar-refractivity contribution < 1.29 is 18.9 Å². The number of carbonyl (C=O) groups excluding carboxylic acids is 1. The summed E-state index contributed by atoms with van der Waals surface area (Å²) in [5, 5.41) is 18.6. The average molecular weight is 385 g/mol. The molecule has 9 heteroatoms.